The predicted octanol–water partition coefficient (Wildman–Crippen LogP) is 4.55. The highest BCUT2D eigenvalue weighted by atomic mass is 79.9. The molecule has 0 fully saturated rings. The molecule has 0 aliphatic carbocycles. The van der Waals surface area contributed by atoms with Crippen LogP contribution in [0.15, 0.2) is 46.9 Å². The minimum Gasteiger partial charge on any atom is -0.350 e. The second kappa shape index (κ2) is 11.6. The van der Waals surface area contributed by atoms with Gasteiger partial charge in [-0.1, -0.05) is 47.1 Å². The van der Waals surface area contributed by atoms with Crippen LogP contribution in [0, 0.1) is 13.8 Å². The molecule has 2 amide bonds. The largest absolute Gasteiger partial charge is 0.350 e. The van der Waals surface area contributed by atoms with Gasteiger partial charge < -0.3 is 10.2 Å². The van der Waals surface area contributed by atoms with Gasteiger partial charge in [0.05, 0.1) is 11.9 Å². The number of anilines is 1. The fraction of sp³-hybridized carbons (Fsp3) is 0.462. The summed E-state index contributed by atoms with van der Waals surface area (Å²) in [7, 11) is -3.77. The number of carbonyl (C=O) groups excluding carboxylic acids is 2. The quantitative estimate of drug-likeness (QED) is 0.483. The van der Waals surface area contributed by atoms with Crippen LogP contribution in [0.4, 0.5) is 5.69 Å². The number of aryl methyl sites for hydroxylation is 2. The minimum atomic E-state index is -3.77. The zero-order chi connectivity index (χ0) is 26.6. The molecule has 0 heterocycles. The topological polar surface area (TPSA) is 86.8 Å². The van der Waals surface area contributed by atoms with Gasteiger partial charge >= 0.3 is 0 Å². The zero-order valence-electron chi connectivity index (χ0n) is 21.6. The van der Waals surface area contributed by atoms with Crippen molar-refractivity contribution in [2.24, 2.45) is 0 Å². The number of halogens is 1. The Labute approximate surface area is 218 Å². The van der Waals surface area contributed by atoms with Gasteiger partial charge in [-0.15, -0.1) is 0 Å². The molecule has 0 saturated heterocycles. The fourth-order valence-corrected chi connectivity index (χ4v) is 4.83. The van der Waals surface area contributed by atoms with Crippen LogP contribution in [0.25, 0.3) is 0 Å². The van der Waals surface area contributed by atoms with Crippen LogP contribution in [0.5, 0.6) is 0 Å². The number of carbonyl (C=O) groups is 2. The molecule has 0 unspecified atom stereocenters. The summed E-state index contributed by atoms with van der Waals surface area (Å²) < 4.78 is 27.4. The number of hydrogen-bond acceptors (Lipinski definition) is 4. The second-order valence-electron chi connectivity index (χ2n) is 9.81. The fourth-order valence-electron chi connectivity index (χ4n) is 3.74. The Morgan fingerprint density at radius 2 is 1.69 bits per heavy atom. The average molecular weight is 567 g/mol. The van der Waals surface area contributed by atoms with Gasteiger partial charge in [0, 0.05) is 16.6 Å². The van der Waals surface area contributed by atoms with E-state index >= 15 is 0 Å². The molecule has 0 bridgehead atoms. The SMILES string of the molecule is CC[C@H](C(=O)NC(C)(C)C)N(Cc1ccccc1C)C(=O)CN(c1ccc(Br)c(C)c1)S(C)(=O)=O. The Balaban J connectivity index is 2.49. The molecule has 2 aromatic rings. The lowest BCUT2D eigenvalue weighted by Crippen LogP contribution is -2.55. The third-order valence-electron chi connectivity index (χ3n) is 5.59. The summed E-state index contributed by atoms with van der Waals surface area (Å²) >= 11 is 3.43. The van der Waals surface area contributed by atoms with Gasteiger partial charge in [-0.2, -0.15) is 0 Å². The van der Waals surface area contributed by atoms with Gasteiger partial charge in [0.2, 0.25) is 21.8 Å². The van der Waals surface area contributed by atoms with E-state index in [1.54, 1.807) is 18.2 Å². The molecule has 1 N–H and O–H groups in total. The molecule has 0 saturated carbocycles. The number of nitrogens with one attached hydrogen (secondary N) is 1. The molecule has 7 nitrogen and oxygen atoms in total. The van der Waals surface area contributed by atoms with Crippen molar-refractivity contribution in [3.8, 4) is 0 Å². The molecule has 35 heavy (non-hydrogen) atoms. The standard InChI is InChI=1S/C26H36BrN3O4S/c1-8-23(25(32)28-26(4,5)6)29(16-20-12-10-9-11-18(20)2)24(31)17-30(35(7,33)34)21-13-14-22(27)19(3)15-21/h9-15,23H,8,16-17H2,1-7H3,(H,28,32)/t23-/m1/s1. The van der Waals surface area contributed by atoms with Gasteiger partial charge in [0.15, 0.2) is 0 Å². The first kappa shape index (κ1) is 28.8. The third-order valence-corrected chi connectivity index (χ3v) is 7.63. The molecule has 1 atom stereocenters. The smallest absolute Gasteiger partial charge is 0.244 e. The highest BCUT2D eigenvalue weighted by Crippen LogP contribution is 2.25. The molecular weight excluding hydrogens is 530 g/mol. The van der Waals surface area contributed by atoms with Crippen molar-refractivity contribution in [3.05, 3.63) is 63.6 Å². The van der Waals surface area contributed by atoms with E-state index in [-0.39, 0.29) is 12.5 Å². The van der Waals surface area contributed by atoms with Crippen LogP contribution in [-0.2, 0) is 26.2 Å². The molecule has 0 aliphatic rings. The molecule has 0 spiro atoms. The van der Waals surface area contributed by atoms with Gasteiger partial charge in [-0.05, 0) is 75.9 Å². The van der Waals surface area contributed by atoms with Crippen LogP contribution < -0.4 is 9.62 Å². The highest BCUT2D eigenvalue weighted by Gasteiger charge is 2.33. The number of hydrogen-bond donors (Lipinski definition) is 1. The van der Waals surface area contributed by atoms with Crippen molar-refractivity contribution in [1.29, 1.82) is 0 Å². The molecule has 0 aliphatic heterocycles. The summed E-state index contributed by atoms with van der Waals surface area (Å²) in [6.07, 6.45) is 1.46. The van der Waals surface area contributed by atoms with Crippen molar-refractivity contribution >= 4 is 43.5 Å². The van der Waals surface area contributed by atoms with Crippen LogP contribution in [-0.4, -0.2) is 49.5 Å². The number of rotatable bonds is 9. The van der Waals surface area contributed by atoms with Gasteiger partial charge in [0.1, 0.15) is 12.6 Å². The molecule has 0 aromatic heterocycles. The Bertz CT molecular complexity index is 1180. The molecule has 2 rings (SSSR count). The van der Waals surface area contributed by atoms with Gasteiger partial charge in [0.25, 0.3) is 0 Å². The lowest BCUT2D eigenvalue weighted by molar-refractivity contribution is -0.141. The van der Waals surface area contributed by atoms with Crippen LogP contribution in [0.2, 0.25) is 0 Å². The van der Waals surface area contributed by atoms with Crippen molar-refractivity contribution in [3.63, 3.8) is 0 Å². The third kappa shape index (κ3) is 8.07. The molecule has 9 heteroatoms. The average Bonchev–Trinajstić information content (AvgIpc) is 2.73. The van der Waals surface area contributed by atoms with E-state index in [0.717, 1.165) is 31.7 Å². The maximum Gasteiger partial charge on any atom is 0.244 e. The van der Waals surface area contributed by atoms with Crippen molar-refractivity contribution in [2.75, 3.05) is 17.1 Å². The van der Waals surface area contributed by atoms with E-state index in [1.807, 2.05) is 65.8 Å². The molecular formula is C26H36BrN3O4S. The molecule has 2 aromatic carbocycles. The Morgan fingerprint density at radius 1 is 1.06 bits per heavy atom. The summed E-state index contributed by atoms with van der Waals surface area (Å²) in [4.78, 5) is 28.4. The van der Waals surface area contributed by atoms with E-state index in [4.69, 9.17) is 0 Å². The van der Waals surface area contributed by atoms with E-state index in [9.17, 15) is 18.0 Å². The number of benzene rings is 2. The van der Waals surface area contributed by atoms with E-state index in [1.165, 1.54) is 4.90 Å². The Hall–Kier alpha value is -2.39. The van der Waals surface area contributed by atoms with E-state index < -0.39 is 34.1 Å². The lowest BCUT2D eigenvalue weighted by Gasteiger charge is -2.34. The Kier molecular flexibility index (Phi) is 9.53. The van der Waals surface area contributed by atoms with Crippen LogP contribution in [0.3, 0.4) is 0 Å². The molecule has 192 valence electrons. The summed E-state index contributed by atoms with van der Waals surface area (Å²) in [6, 6.07) is 12.0. The number of sulfonamides is 1. The van der Waals surface area contributed by atoms with Crippen molar-refractivity contribution in [2.45, 2.75) is 66.1 Å². The summed E-state index contributed by atoms with van der Waals surface area (Å²) in [5, 5.41) is 2.96. The number of amides is 2. The lowest BCUT2D eigenvalue weighted by atomic mass is 10.0. The normalized spacial score (nSPS) is 12.7. The maximum atomic E-state index is 13.7. The first-order chi connectivity index (χ1) is 16.1. The first-order valence-corrected chi connectivity index (χ1v) is 14.2. The summed E-state index contributed by atoms with van der Waals surface area (Å²) in [5.41, 5.74) is 2.64. The maximum absolute atomic E-state index is 13.7. The van der Waals surface area contributed by atoms with Crippen LogP contribution >= 0.6 is 15.9 Å². The summed E-state index contributed by atoms with van der Waals surface area (Å²) in [6.45, 7) is 11.1. The first-order valence-electron chi connectivity index (χ1n) is 11.5. The predicted molar refractivity (Wildman–Crippen MR) is 145 cm³/mol. The monoisotopic (exact) mass is 565 g/mol. The van der Waals surface area contributed by atoms with Crippen LogP contribution in [0.1, 0.15) is 50.8 Å². The minimum absolute atomic E-state index is 0.193. The Morgan fingerprint density at radius 3 is 2.20 bits per heavy atom. The van der Waals surface area contributed by atoms with E-state index in [2.05, 4.69) is 21.2 Å². The van der Waals surface area contributed by atoms with Crippen molar-refractivity contribution < 1.29 is 18.0 Å². The molecule has 0 radical (unpaired) electrons. The van der Waals surface area contributed by atoms with Gasteiger partial charge in [-0.3, -0.25) is 13.9 Å². The summed E-state index contributed by atoms with van der Waals surface area (Å²) in [5.74, 6) is -0.720. The zero-order valence-corrected chi connectivity index (χ0v) is 24.0. The van der Waals surface area contributed by atoms with Crippen molar-refractivity contribution in [1.82, 2.24) is 10.2 Å². The van der Waals surface area contributed by atoms with Gasteiger partial charge in [-0.25, -0.2) is 8.42 Å². The van der Waals surface area contributed by atoms with E-state index in [0.29, 0.717) is 12.1 Å². The highest BCUT2D eigenvalue weighted by molar-refractivity contribution is 9.10. The number of nitrogens with zero attached hydrogens (tertiary/aromatic N) is 2. The second-order valence-corrected chi connectivity index (χ2v) is 12.6.